The Labute approximate surface area is 114 Å². The van der Waals surface area contributed by atoms with Crippen LogP contribution < -0.4 is 11.3 Å². The van der Waals surface area contributed by atoms with Crippen molar-refractivity contribution in [2.75, 3.05) is 5.73 Å². The van der Waals surface area contributed by atoms with E-state index in [1.807, 2.05) is 49.8 Å². The van der Waals surface area contributed by atoms with Gasteiger partial charge in [-0.2, -0.15) is 0 Å². The summed E-state index contributed by atoms with van der Waals surface area (Å²) < 4.78 is 4.40. The highest BCUT2D eigenvalue weighted by Crippen LogP contribution is 2.21. The summed E-state index contributed by atoms with van der Waals surface area (Å²) in [5.74, 6) is 0.208. The van der Waals surface area contributed by atoms with Gasteiger partial charge in [0.05, 0.1) is 11.4 Å². The molecule has 2 rings (SSSR count). The second kappa shape index (κ2) is 4.65. The maximum Gasteiger partial charge on any atom is 0.294 e. The molecule has 2 N–H and O–H groups in total. The van der Waals surface area contributed by atoms with Crippen molar-refractivity contribution in [3.05, 3.63) is 44.8 Å². The van der Waals surface area contributed by atoms with Crippen molar-refractivity contribution in [1.82, 2.24) is 9.36 Å². The molecule has 1 aromatic carbocycles. The van der Waals surface area contributed by atoms with Crippen LogP contribution >= 0.6 is 15.9 Å². The molecule has 18 heavy (non-hydrogen) atoms. The van der Waals surface area contributed by atoms with E-state index in [-0.39, 0.29) is 11.5 Å². The predicted octanol–water partition coefficient (Wildman–Crippen LogP) is 2.64. The van der Waals surface area contributed by atoms with E-state index in [9.17, 15) is 4.79 Å². The molecule has 1 aromatic heterocycles. The lowest BCUT2D eigenvalue weighted by Crippen LogP contribution is -2.20. The van der Waals surface area contributed by atoms with Gasteiger partial charge in [-0.15, -0.1) is 0 Å². The second-order valence-electron chi connectivity index (χ2n) is 4.57. The first-order valence-corrected chi connectivity index (χ1v) is 6.56. The summed E-state index contributed by atoms with van der Waals surface area (Å²) in [7, 11) is 1.86. The van der Waals surface area contributed by atoms with Crippen LogP contribution in [0.3, 0.4) is 0 Å². The van der Waals surface area contributed by atoms with Crippen molar-refractivity contribution < 1.29 is 0 Å². The number of rotatable bonds is 2. The van der Waals surface area contributed by atoms with Gasteiger partial charge in [-0.25, -0.2) is 4.68 Å². The van der Waals surface area contributed by atoms with Crippen LogP contribution in [0, 0.1) is 0 Å². The zero-order valence-corrected chi connectivity index (χ0v) is 12.2. The Kier molecular flexibility index (Phi) is 3.34. The van der Waals surface area contributed by atoms with Crippen molar-refractivity contribution >= 4 is 21.6 Å². The number of benzene rings is 1. The third-order valence-corrected chi connectivity index (χ3v) is 3.49. The second-order valence-corrected chi connectivity index (χ2v) is 5.49. The van der Waals surface area contributed by atoms with Gasteiger partial charge >= 0.3 is 0 Å². The maximum absolute atomic E-state index is 12.2. The van der Waals surface area contributed by atoms with Crippen LogP contribution in [0.4, 0.5) is 5.69 Å². The molecule has 0 spiro atoms. The van der Waals surface area contributed by atoms with Gasteiger partial charge in [0.15, 0.2) is 0 Å². The van der Waals surface area contributed by atoms with Crippen LogP contribution in [0.1, 0.15) is 25.5 Å². The fourth-order valence-electron chi connectivity index (χ4n) is 2.20. The van der Waals surface area contributed by atoms with Gasteiger partial charge in [0.2, 0.25) is 0 Å². The molecule has 0 amide bonds. The molecule has 0 bridgehead atoms. The number of nitrogen functional groups attached to an aromatic ring is 1. The van der Waals surface area contributed by atoms with Gasteiger partial charge in [-0.05, 0) is 30.2 Å². The quantitative estimate of drug-likeness (QED) is 0.927. The van der Waals surface area contributed by atoms with Crippen LogP contribution in [0.15, 0.2) is 33.5 Å². The minimum absolute atomic E-state index is 0.163. The third-order valence-electron chi connectivity index (χ3n) is 2.97. The van der Waals surface area contributed by atoms with Crippen molar-refractivity contribution in [2.45, 2.75) is 19.8 Å². The minimum Gasteiger partial charge on any atom is -0.393 e. The molecule has 4 nitrogen and oxygen atoms in total. The Morgan fingerprint density at radius 3 is 2.22 bits per heavy atom. The molecule has 0 atom stereocenters. The van der Waals surface area contributed by atoms with E-state index >= 15 is 0 Å². The van der Waals surface area contributed by atoms with E-state index in [0.717, 1.165) is 15.9 Å². The summed E-state index contributed by atoms with van der Waals surface area (Å²) in [5, 5.41) is 0. The lowest BCUT2D eigenvalue weighted by atomic mass is 10.1. The predicted molar refractivity (Wildman–Crippen MR) is 77.2 cm³/mol. The summed E-state index contributed by atoms with van der Waals surface area (Å²) in [5.41, 5.74) is 7.75. The summed E-state index contributed by atoms with van der Waals surface area (Å²) in [6.45, 7) is 4.05. The zero-order chi connectivity index (χ0) is 13.4. The average molecular weight is 310 g/mol. The van der Waals surface area contributed by atoms with Crippen LogP contribution in [0.2, 0.25) is 0 Å². The van der Waals surface area contributed by atoms with E-state index in [1.165, 1.54) is 0 Å². The van der Waals surface area contributed by atoms with E-state index in [4.69, 9.17) is 5.73 Å². The molecule has 0 saturated carbocycles. The number of halogens is 1. The fraction of sp³-hybridized carbons (Fsp3) is 0.308. The summed E-state index contributed by atoms with van der Waals surface area (Å²) in [6.07, 6.45) is 0. The molecule has 2 aromatic rings. The smallest absolute Gasteiger partial charge is 0.294 e. The molecule has 96 valence electrons. The fourth-order valence-corrected chi connectivity index (χ4v) is 2.46. The van der Waals surface area contributed by atoms with Gasteiger partial charge in [0.25, 0.3) is 5.56 Å². The van der Waals surface area contributed by atoms with Crippen LogP contribution in [-0.2, 0) is 7.05 Å². The molecule has 0 aliphatic heterocycles. The van der Waals surface area contributed by atoms with Gasteiger partial charge in [-0.1, -0.05) is 29.8 Å². The topological polar surface area (TPSA) is 53.0 Å². The number of anilines is 1. The number of aromatic nitrogens is 2. The molecule has 0 aliphatic rings. The first-order chi connectivity index (χ1) is 8.43. The Morgan fingerprint density at radius 2 is 1.78 bits per heavy atom. The van der Waals surface area contributed by atoms with Gasteiger partial charge in [0.1, 0.15) is 5.69 Å². The van der Waals surface area contributed by atoms with Crippen molar-refractivity contribution in [3.8, 4) is 5.69 Å². The van der Waals surface area contributed by atoms with Crippen LogP contribution in [0.25, 0.3) is 5.69 Å². The number of hydrogen-bond acceptors (Lipinski definition) is 2. The van der Waals surface area contributed by atoms with Crippen molar-refractivity contribution in [3.63, 3.8) is 0 Å². The molecule has 0 saturated heterocycles. The Morgan fingerprint density at radius 1 is 1.22 bits per heavy atom. The number of nitrogens with two attached hydrogens (primary N) is 1. The molecule has 0 fully saturated rings. The Hall–Kier alpha value is -1.49. The van der Waals surface area contributed by atoms with Gasteiger partial charge < -0.3 is 5.73 Å². The molecular formula is C13H16BrN3O. The van der Waals surface area contributed by atoms with E-state index in [2.05, 4.69) is 15.9 Å². The van der Waals surface area contributed by atoms with E-state index in [1.54, 1.807) is 4.68 Å². The maximum atomic E-state index is 12.2. The molecule has 0 aliphatic carbocycles. The lowest BCUT2D eigenvalue weighted by Gasteiger charge is -2.12. The highest BCUT2D eigenvalue weighted by atomic mass is 79.9. The SMILES string of the molecule is CC(C)c1c(N)c(=O)n(-c2ccc(Br)cc2)n1C. The first-order valence-electron chi connectivity index (χ1n) is 5.76. The van der Waals surface area contributed by atoms with Crippen LogP contribution in [0.5, 0.6) is 0 Å². The Bertz CT molecular complexity index is 623. The van der Waals surface area contributed by atoms with Crippen LogP contribution in [-0.4, -0.2) is 9.36 Å². The zero-order valence-electron chi connectivity index (χ0n) is 10.6. The highest BCUT2D eigenvalue weighted by molar-refractivity contribution is 9.10. The summed E-state index contributed by atoms with van der Waals surface area (Å²) >= 11 is 3.38. The molecule has 1 heterocycles. The van der Waals surface area contributed by atoms with E-state index in [0.29, 0.717) is 5.69 Å². The highest BCUT2D eigenvalue weighted by Gasteiger charge is 2.18. The van der Waals surface area contributed by atoms with Crippen molar-refractivity contribution in [2.24, 2.45) is 7.05 Å². The molecule has 5 heteroatoms. The molecule has 0 radical (unpaired) electrons. The largest absolute Gasteiger partial charge is 0.393 e. The minimum atomic E-state index is -0.163. The van der Waals surface area contributed by atoms with Gasteiger partial charge in [0, 0.05) is 11.5 Å². The van der Waals surface area contributed by atoms with Crippen molar-refractivity contribution in [1.29, 1.82) is 0 Å². The lowest BCUT2D eigenvalue weighted by molar-refractivity contribution is 0.595. The number of nitrogens with zero attached hydrogens (tertiary/aromatic N) is 2. The van der Waals surface area contributed by atoms with E-state index < -0.39 is 0 Å². The monoisotopic (exact) mass is 309 g/mol. The Balaban J connectivity index is 2.69. The summed E-state index contributed by atoms with van der Waals surface area (Å²) in [6, 6.07) is 7.57. The first kappa shape index (κ1) is 13.0. The average Bonchev–Trinajstić information content (AvgIpc) is 2.52. The number of hydrogen-bond donors (Lipinski definition) is 1. The molecular weight excluding hydrogens is 294 g/mol. The standard InChI is InChI=1S/C13H16BrN3O/c1-8(2)12-11(15)13(18)17(16(12)3)10-6-4-9(14)5-7-10/h4-8H,15H2,1-3H3. The normalized spacial score (nSPS) is 11.2. The van der Waals surface area contributed by atoms with Gasteiger partial charge in [-0.3, -0.25) is 9.48 Å². The third kappa shape index (κ3) is 1.99. The molecule has 0 unspecified atom stereocenters. The summed E-state index contributed by atoms with van der Waals surface area (Å²) in [4.78, 5) is 12.2.